The van der Waals surface area contributed by atoms with Gasteiger partial charge in [0.25, 0.3) is 0 Å². The van der Waals surface area contributed by atoms with Crippen LogP contribution in [0.4, 0.5) is 10.1 Å². The van der Waals surface area contributed by atoms with E-state index in [-0.39, 0.29) is 28.2 Å². The van der Waals surface area contributed by atoms with Crippen molar-refractivity contribution in [3.63, 3.8) is 0 Å². The highest BCUT2D eigenvalue weighted by Gasteiger charge is 2.65. The Bertz CT molecular complexity index is 1260. The van der Waals surface area contributed by atoms with Gasteiger partial charge in [0.15, 0.2) is 0 Å². The van der Waals surface area contributed by atoms with Crippen LogP contribution in [-0.4, -0.2) is 61.5 Å². The highest BCUT2D eigenvalue weighted by Crippen LogP contribution is 2.57. The number of morpholine rings is 1. The zero-order chi connectivity index (χ0) is 28.7. The molecule has 0 saturated carbocycles. The molecule has 216 valence electrons. The van der Waals surface area contributed by atoms with Gasteiger partial charge in [-0.05, 0) is 72.7 Å². The predicted molar refractivity (Wildman–Crippen MR) is 157 cm³/mol. The molecule has 40 heavy (non-hydrogen) atoms. The first-order valence-corrected chi connectivity index (χ1v) is 14.9. The van der Waals surface area contributed by atoms with Crippen molar-refractivity contribution in [2.75, 3.05) is 38.2 Å². The summed E-state index contributed by atoms with van der Waals surface area (Å²) in [6.07, 6.45) is 2.63. The van der Waals surface area contributed by atoms with Gasteiger partial charge in [-0.2, -0.15) is 0 Å². The molecule has 2 saturated heterocycles. The minimum atomic E-state index is -1.14. The third-order valence-electron chi connectivity index (χ3n) is 8.46. The Kier molecular flexibility index (Phi) is 8.61. The zero-order valence-corrected chi connectivity index (χ0v) is 24.9. The summed E-state index contributed by atoms with van der Waals surface area (Å²) in [4.78, 5) is 30.5. The lowest BCUT2D eigenvalue weighted by Crippen LogP contribution is -2.49. The van der Waals surface area contributed by atoms with Crippen LogP contribution in [0.2, 0.25) is 10.0 Å². The van der Waals surface area contributed by atoms with E-state index in [9.17, 15) is 14.0 Å². The van der Waals surface area contributed by atoms with Crippen LogP contribution in [0.3, 0.4) is 0 Å². The van der Waals surface area contributed by atoms with Crippen LogP contribution >= 0.6 is 23.2 Å². The number of fused-ring (bicyclic) bond motifs is 2. The number of rotatable bonds is 8. The number of hydrogen-bond donors (Lipinski definition) is 2. The number of nitrogens with zero attached hydrogens (tertiary/aromatic N) is 1. The quantitative estimate of drug-likeness (QED) is 0.372. The van der Waals surface area contributed by atoms with Crippen LogP contribution in [-0.2, 0) is 19.7 Å². The van der Waals surface area contributed by atoms with Gasteiger partial charge in [-0.1, -0.05) is 50.0 Å². The summed E-state index contributed by atoms with van der Waals surface area (Å²) in [5, 5.41) is 7.39. The fourth-order valence-electron chi connectivity index (χ4n) is 6.84. The number of nitrogens with one attached hydrogen (secondary N) is 2. The van der Waals surface area contributed by atoms with Crippen LogP contribution in [0.5, 0.6) is 0 Å². The first kappa shape index (κ1) is 29.5. The molecule has 1 amide bonds. The number of halogens is 3. The van der Waals surface area contributed by atoms with Gasteiger partial charge in [-0.3, -0.25) is 14.5 Å². The first-order chi connectivity index (χ1) is 19.0. The van der Waals surface area contributed by atoms with E-state index in [2.05, 4.69) is 36.3 Å². The van der Waals surface area contributed by atoms with Gasteiger partial charge >= 0.3 is 0 Å². The fraction of sp³-hybridized carbons (Fsp3) is 0.548. The lowest BCUT2D eigenvalue weighted by atomic mass is 9.62. The Morgan fingerprint density at radius 2 is 1.85 bits per heavy atom. The van der Waals surface area contributed by atoms with Crippen LogP contribution < -0.4 is 10.6 Å². The maximum Gasteiger partial charge on any atom is 0.237 e. The van der Waals surface area contributed by atoms with Gasteiger partial charge < -0.3 is 15.4 Å². The summed E-state index contributed by atoms with van der Waals surface area (Å²) < 4.78 is 20.2. The SMILES string of the molecule is CC(C)(C)C[C@H]1N[C@@H](C(=O)CCCCN2CCOCC2)[C@H](c2cc(F)cc(Cl)c2)[C@@]12C(=O)Nc1cc(Cl)ccc12. The summed E-state index contributed by atoms with van der Waals surface area (Å²) in [5.74, 6) is -1.33. The number of amides is 1. The van der Waals surface area contributed by atoms with Crippen LogP contribution in [0.1, 0.15) is 63.5 Å². The monoisotopic (exact) mass is 589 g/mol. The molecule has 3 aliphatic heterocycles. The van der Waals surface area contributed by atoms with Gasteiger partial charge in [0, 0.05) is 47.2 Å². The molecule has 1 spiro atoms. The number of Topliss-reactive ketones (excluding diaryl/α,β-unsaturated/α-hetero) is 1. The van der Waals surface area contributed by atoms with Crippen molar-refractivity contribution in [3.8, 4) is 0 Å². The summed E-state index contributed by atoms with van der Waals surface area (Å²) in [6, 6.07) is 8.69. The second kappa shape index (κ2) is 11.7. The molecule has 0 aromatic heterocycles. The molecule has 3 aliphatic rings. The third-order valence-corrected chi connectivity index (χ3v) is 8.92. The van der Waals surface area contributed by atoms with Crippen molar-refractivity contribution in [3.05, 3.63) is 63.4 Å². The minimum Gasteiger partial charge on any atom is -0.379 e. The van der Waals surface area contributed by atoms with E-state index in [1.165, 1.54) is 12.1 Å². The maximum atomic E-state index is 14.8. The molecule has 6 nitrogen and oxygen atoms in total. The van der Waals surface area contributed by atoms with Crippen LogP contribution in [0.25, 0.3) is 0 Å². The Labute approximate surface area is 245 Å². The standard InChI is InChI=1S/C31H38Cl2FN3O3/c1-30(2,3)18-26-31(23-8-7-20(32)17-24(23)35-29(31)39)27(19-14-21(33)16-22(34)15-19)28(36-26)25(38)6-4-5-9-37-10-12-40-13-11-37/h7-8,14-17,26-28,36H,4-6,9-13,18H2,1-3H3,(H,35,39)/t26-,27+,28+,31+/m1/s1. The number of carbonyl (C=O) groups is 2. The fourth-order valence-corrected chi connectivity index (χ4v) is 7.25. The lowest BCUT2D eigenvalue weighted by Gasteiger charge is -2.37. The molecule has 2 aromatic carbocycles. The van der Waals surface area contributed by atoms with Crippen molar-refractivity contribution in [1.29, 1.82) is 0 Å². The molecule has 0 aliphatic carbocycles. The Morgan fingerprint density at radius 3 is 2.55 bits per heavy atom. The second-order valence-corrected chi connectivity index (χ2v) is 13.4. The number of ketones is 1. The van der Waals surface area contributed by atoms with Gasteiger partial charge in [0.05, 0.1) is 19.3 Å². The smallest absolute Gasteiger partial charge is 0.237 e. The molecule has 0 unspecified atom stereocenters. The third kappa shape index (κ3) is 5.82. The van der Waals surface area contributed by atoms with Gasteiger partial charge in [-0.15, -0.1) is 0 Å². The van der Waals surface area contributed by atoms with Gasteiger partial charge in [0.2, 0.25) is 5.91 Å². The normalized spacial score (nSPS) is 26.8. The first-order valence-electron chi connectivity index (χ1n) is 14.2. The molecule has 5 rings (SSSR count). The number of ether oxygens (including phenoxy) is 1. The molecule has 0 radical (unpaired) electrons. The second-order valence-electron chi connectivity index (χ2n) is 12.5. The number of carbonyl (C=O) groups excluding carboxylic acids is 2. The molecular weight excluding hydrogens is 552 g/mol. The molecule has 2 aromatic rings. The molecule has 4 atom stereocenters. The number of unbranched alkanes of at least 4 members (excludes halogenated alkanes) is 1. The van der Waals surface area contributed by atoms with Crippen molar-refractivity contribution in [2.24, 2.45) is 5.41 Å². The van der Waals surface area contributed by atoms with E-state index < -0.39 is 23.2 Å². The Morgan fingerprint density at radius 1 is 1.10 bits per heavy atom. The molecule has 2 N–H and O–H groups in total. The zero-order valence-electron chi connectivity index (χ0n) is 23.4. The largest absolute Gasteiger partial charge is 0.379 e. The number of anilines is 1. The molecular formula is C31H38Cl2FN3O3. The molecule has 0 bridgehead atoms. The van der Waals surface area contributed by atoms with Crippen LogP contribution in [0, 0.1) is 11.2 Å². The average Bonchev–Trinajstić information content (AvgIpc) is 3.35. The Hall–Kier alpha value is -2.03. The lowest BCUT2D eigenvalue weighted by molar-refractivity contribution is -0.122. The summed E-state index contributed by atoms with van der Waals surface area (Å²) in [5.41, 5.74) is 0.651. The molecule has 3 heterocycles. The highest BCUT2D eigenvalue weighted by atomic mass is 35.5. The number of benzene rings is 2. The van der Waals surface area contributed by atoms with Crippen molar-refractivity contribution >= 4 is 40.6 Å². The minimum absolute atomic E-state index is 0.0263. The van der Waals surface area contributed by atoms with E-state index in [1.807, 2.05) is 6.07 Å². The van der Waals surface area contributed by atoms with E-state index in [4.69, 9.17) is 27.9 Å². The maximum absolute atomic E-state index is 14.8. The topological polar surface area (TPSA) is 70.7 Å². The Balaban J connectivity index is 1.53. The summed E-state index contributed by atoms with van der Waals surface area (Å²) in [6.45, 7) is 10.6. The average molecular weight is 591 g/mol. The molecule has 2 fully saturated rings. The highest BCUT2D eigenvalue weighted by molar-refractivity contribution is 6.31. The van der Waals surface area contributed by atoms with E-state index in [0.717, 1.165) is 51.3 Å². The van der Waals surface area contributed by atoms with Crippen molar-refractivity contribution in [2.45, 2.75) is 69.9 Å². The predicted octanol–water partition coefficient (Wildman–Crippen LogP) is 5.95. The van der Waals surface area contributed by atoms with E-state index in [1.54, 1.807) is 18.2 Å². The van der Waals surface area contributed by atoms with E-state index in [0.29, 0.717) is 29.1 Å². The summed E-state index contributed by atoms with van der Waals surface area (Å²) in [7, 11) is 0. The van der Waals surface area contributed by atoms with Crippen molar-refractivity contribution < 1.29 is 18.7 Å². The molecule has 9 heteroatoms. The van der Waals surface area contributed by atoms with Crippen LogP contribution in [0.15, 0.2) is 36.4 Å². The van der Waals surface area contributed by atoms with Gasteiger partial charge in [0.1, 0.15) is 17.0 Å². The summed E-state index contributed by atoms with van der Waals surface area (Å²) >= 11 is 12.7. The van der Waals surface area contributed by atoms with E-state index >= 15 is 0 Å². The van der Waals surface area contributed by atoms with Gasteiger partial charge in [-0.25, -0.2) is 4.39 Å². The number of hydrogen-bond acceptors (Lipinski definition) is 5. The van der Waals surface area contributed by atoms with Crippen molar-refractivity contribution in [1.82, 2.24) is 10.2 Å².